The largest absolute Gasteiger partial charge is 0.383 e. The number of hydrogen-bond donors (Lipinski definition) is 2. The normalized spacial score (nSPS) is 10.9. The molecule has 0 bridgehead atoms. The lowest BCUT2D eigenvalue weighted by atomic mass is 10.0. The molecular weight excluding hydrogens is 246 g/mol. The van der Waals surface area contributed by atoms with Crippen LogP contribution in [0.3, 0.4) is 0 Å². The van der Waals surface area contributed by atoms with E-state index in [0.717, 1.165) is 16.4 Å². The predicted molar refractivity (Wildman–Crippen MR) is 74.7 cm³/mol. The van der Waals surface area contributed by atoms with E-state index in [-0.39, 0.29) is 5.92 Å². The van der Waals surface area contributed by atoms with Crippen LogP contribution in [0.5, 0.6) is 0 Å². The van der Waals surface area contributed by atoms with Crippen molar-refractivity contribution in [3.8, 4) is 0 Å². The second-order valence-corrected chi connectivity index (χ2v) is 5.69. The molecule has 0 aromatic carbocycles. The van der Waals surface area contributed by atoms with Gasteiger partial charge in [0, 0.05) is 16.6 Å². The van der Waals surface area contributed by atoms with Crippen LogP contribution >= 0.6 is 11.3 Å². The number of nitrogen functional groups attached to an aromatic ring is 1. The molecule has 5 nitrogen and oxygen atoms in total. The smallest absolute Gasteiger partial charge is 0.135 e. The molecule has 3 N–H and O–H groups in total. The van der Waals surface area contributed by atoms with E-state index in [4.69, 9.17) is 5.73 Å². The van der Waals surface area contributed by atoms with Crippen molar-refractivity contribution >= 4 is 23.0 Å². The number of thiazole rings is 1. The van der Waals surface area contributed by atoms with Gasteiger partial charge in [0.1, 0.15) is 18.0 Å². The van der Waals surface area contributed by atoms with Crippen molar-refractivity contribution in [2.45, 2.75) is 33.2 Å². The van der Waals surface area contributed by atoms with Crippen molar-refractivity contribution in [1.82, 2.24) is 15.0 Å². The fraction of sp³-hybridized carbons (Fsp3) is 0.417. The minimum absolute atomic E-state index is 0.289. The van der Waals surface area contributed by atoms with Crippen LogP contribution in [0.1, 0.15) is 35.2 Å². The van der Waals surface area contributed by atoms with Crippen LogP contribution in [-0.2, 0) is 6.54 Å². The molecule has 2 aromatic rings. The molecule has 0 aliphatic rings. The molecular formula is C12H17N5S. The Hall–Kier alpha value is -1.69. The van der Waals surface area contributed by atoms with Gasteiger partial charge in [-0.1, -0.05) is 13.8 Å². The summed E-state index contributed by atoms with van der Waals surface area (Å²) in [6.07, 6.45) is 3.37. The second kappa shape index (κ2) is 5.30. The Labute approximate surface area is 111 Å². The summed E-state index contributed by atoms with van der Waals surface area (Å²) in [5.74, 6) is 1.64. The van der Waals surface area contributed by atoms with Crippen molar-refractivity contribution in [2.75, 3.05) is 11.1 Å². The quantitative estimate of drug-likeness (QED) is 0.886. The van der Waals surface area contributed by atoms with Crippen LogP contribution in [-0.4, -0.2) is 15.0 Å². The summed E-state index contributed by atoms with van der Waals surface area (Å²) in [4.78, 5) is 13.7. The zero-order valence-electron chi connectivity index (χ0n) is 10.8. The fourth-order valence-corrected chi connectivity index (χ4v) is 2.51. The van der Waals surface area contributed by atoms with Gasteiger partial charge in [-0.3, -0.25) is 0 Å². The Morgan fingerprint density at radius 1 is 1.33 bits per heavy atom. The highest BCUT2D eigenvalue weighted by Crippen LogP contribution is 2.26. The first-order chi connectivity index (χ1) is 8.58. The summed E-state index contributed by atoms with van der Waals surface area (Å²) in [5.41, 5.74) is 6.87. The molecule has 0 unspecified atom stereocenters. The molecule has 0 amide bonds. The Bertz CT molecular complexity index is 535. The van der Waals surface area contributed by atoms with Crippen LogP contribution in [0.2, 0.25) is 0 Å². The van der Waals surface area contributed by atoms with Crippen LogP contribution in [0, 0.1) is 6.92 Å². The third kappa shape index (κ3) is 2.76. The average molecular weight is 263 g/mol. The molecule has 0 radical (unpaired) electrons. The predicted octanol–water partition coefficient (Wildman–Crippen LogP) is 2.56. The van der Waals surface area contributed by atoms with E-state index in [0.29, 0.717) is 12.4 Å². The van der Waals surface area contributed by atoms with Crippen molar-refractivity contribution in [3.63, 3.8) is 0 Å². The maximum absolute atomic E-state index is 5.89. The van der Waals surface area contributed by atoms with Gasteiger partial charge >= 0.3 is 0 Å². The highest BCUT2D eigenvalue weighted by atomic mass is 32.1. The third-order valence-corrected chi connectivity index (χ3v) is 3.50. The highest BCUT2D eigenvalue weighted by molar-refractivity contribution is 7.11. The number of nitrogens with two attached hydrogens (primary N) is 1. The van der Waals surface area contributed by atoms with Gasteiger partial charge in [-0.05, 0) is 12.8 Å². The Morgan fingerprint density at radius 2 is 2.11 bits per heavy atom. The standard InChI is InChI=1S/C12H17N5S/c1-7(2)10-11(13)16-6-17-12(10)15-5-9-4-14-8(3)18-9/h4,6-7H,5H2,1-3H3,(H3,13,15,16,17). The molecule has 6 heteroatoms. The van der Waals surface area contributed by atoms with E-state index in [2.05, 4.69) is 34.1 Å². The van der Waals surface area contributed by atoms with Crippen molar-refractivity contribution in [2.24, 2.45) is 0 Å². The lowest BCUT2D eigenvalue weighted by Gasteiger charge is -2.14. The Balaban J connectivity index is 2.16. The summed E-state index contributed by atoms with van der Waals surface area (Å²) in [7, 11) is 0. The molecule has 0 aliphatic heterocycles. The van der Waals surface area contributed by atoms with E-state index >= 15 is 0 Å². The van der Waals surface area contributed by atoms with E-state index in [1.807, 2.05) is 13.1 Å². The van der Waals surface area contributed by atoms with Crippen LogP contribution in [0.25, 0.3) is 0 Å². The number of aryl methyl sites for hydroxylation is 1. The first-order valence-electron chi connectivity index (χ1n) is 5.83. The molecule has 2 heterocycles. The van der Waals surface area contributed by atoms with Gasteiger partial charge < -0.3 is 11.1 Å². The van der Waals surface area contributed by atoms with Gasteiger partial charge in [0.15, 0.2) is 0 Å². The van der Waals surface area contributed by atoms with Crippen LogP contribution < -0.4 is 11.1 Å². The monoisotopic (exact) mass is 263 g/mol. The van der Waals surface area contributed by atoms with Gasteiger partial charge in [0.25, 0.3) is 0 Å². The van der Waals surface area contributed by atoms with Gasteiger partial charge in [0.2, 0.25) is 0 Å². The molecule has 2 aromatic heterocycles. The Kier molecular flexibility index (Phi) is 3.76. The Morgan fingerprint density at radius 3 is 2.72 bits per heavy atom. The van der Waals surface area contributed by atoms with Crippen LogP contribution in [0.4, 0.5) is 11.6 Å². The maximum Gasteiger partial charge on any atom is 0.135 e. The molecule has 0 aliphatic carbocycles. The molecule has 0 spiro atoms. The van der Waals surface area contributed by atoms with Crippen LogP contribution in [0.15, 0.2) is 12.5 Å². The SMILES string of the molecule is Cc1ncc(CNc2ncnc(N)c2C(C)C)s1. The summed E-state index contributed by atoms with van der Waals surface area (Å²) >= 11 is 1.68. The topological polar surface area (TPSA) is 76.7 Å². The number of nitrogens with one attached hydrogen (secondary N) is 1. The highest BCUT2D eigenvalue weighted by Gasteiger charge is 2.12. The molecule has 0 fully saturated rings. The number of nitrogens with zero attached hydrogens (tertiary/aromatic N) is 3. The minimum atomic E-state index is 0.289. The summed E-state index contributed by atoms with van der Waals surface area (Å²) in [5, 5.41) is 4.37. The molecule has 18 heavy (non-hydrogen) atoms. The zero-order valence-corrected chi connectivity index (χ0v) is 11.6. The number of hydrogen-bond acceptors (Lipinski definition) is 6. The lowest BCUT2D eigenvalue weighted by Crippen LogP contribution is -2.08. The number of aromatic nitrogens is 3. The second-order valence-electron chi connectivity index (χ2n) is 4.38. The first-order valence-corrected chi connectivity index (χ1v) is 6.65. The van der Waals surface area contributed by atoms with Crippen molar-refractivity contribution in [3.05, 3.63) is 28.0 Å². The maximum atomic E-state index is 5.89. The molecule has 96 valence electrons. The molecule has 0 saturated carbocycles. The number of anilines is 2. The average Bonchev–Trinajstić information content (AvgIpc) is 2.72. The van der Waals surface area contributed by atoms with E-state index in [9.17, 15) is 0 Å². The number of rotatable bonds is 4. The van der Waals surface area contributed by atoms with E-state index in [1.165, 1.54) is 11.2 Å². The zero-order chi connectivity index (χ0) is 13.1. The molecule has 2 rings (SSSR count). The molecule has 0 atom stereocenters. The first kappa shape index (κ1) is 12.8. The summed E-state index contributed by atoms with van der Waals surface area (Å²) in [6, 6.07) is 0. The third-order valence-electron chi connectivity index (χ3n) is 2.59. The van der Waals surface area contributed by atoms with E-state index < -0.39 is 0 Å². The molecule has 0 saturated heterocycles. The minimum Gasteiger partial charge on any atom is -0.383 e. The summed E-state index contributed by atoms with van der Waals surface area (Å²) in [6.45, 7) is 6.87. The van der Waals surface area contributed by atoms with Gasteiger partial charge in [0.05, 0.1) is 11.6 Å². The van der Waals surface area contributed by atoms with Gasteiger partial charge in [-0.15, -0.1) is 11.3 Å². The van der Waals surface area contributed by atoms with Gasteiger partial charge in [-0.25, -0.2) is 15.0 Å². The summed E-state index contributed by atoms with van der Waals surface area (Å²) < 4.78 is 0. The lowest BCUT2D eigenvalue weighted by molar-refractivity contribution is 0.850. The van der Waals surface area contributed by atoms with Crippen molar-refractivity contribution in [1.29, 1.82) is 0 Å². The van der Waals surface area contributed by atoms with E-state index in [1.54, 1.807) is 11.3 Å². The fourth-order valence-electron chi connectivity index (χ4n) is 1.78. The van der Waals surface area contributed by atoms with Crippen molar-refractivity contribution < 1.29 is 0 Å². The van der Waals surface area contributed by atoms with Gasteiger partial charge in [-0.2, -0.15) is 0 Å².